The fourth-order valence-electron chi connectivity index (χ4n) is 5.25. The Labute approximate surface area is 242 Å². The Morgan fingerprint density at radius 1 is 1.00 bits per heavy atom. The maximum absolute atomic E-state index is 14.0. The molecule has 0 spiro atoms. The van der Waals surface area contributed by atoms with Gasteiger partial charge in [-0.15, -0.1) is 16.4 Å². The first kappa shape index (κ1) is 26.7. The number of carbonyl (C=O) groups is 1. The average molecular weight is 595 g/mol. The van der Waals surface area contributed by atoms with Crippen LogP contribution in [0.1, 0.15) is 28.8 Å². The van der Waals surface area contributed by atoms with E-state index in [-0.39, 0.29) is 29.6 Å². The van der Waals surface area contributed by atoms with Gasteiger partial charge in [-0.1, -0.05) is 53.6 Å². The first-order valence-electron chi connectivity index (χ1n) is 13.5. The van der Waals surface area contributed by atoms with Gasteiger partial charge in [0.15, 0.2) is 0 Å². The van der Waals surface area contributed by atoms with Crippen LogP contribution in [0, 0.1) is 0 Å². The average Bonchev–Trinajstić information content (AvgIpc) is 3.55. The van der Waals surface area contributed by atoms with Crippen LogP contribution < -0.4 is 15.5 Å². The van der Waals surface area contributed by atoms with Gasteiger partial charge in [0.25, 0.3) is 11.8 Å². The number of morpholine rings is 1. The molecule has 2 fully saturated rings. The zero-order chi connectivity index (χ0) is 28.9. The molecule has 7 rings (SSSR count). The lowest BCUT2D eigenvalue weighted by Crippen LogP contribution is -2.36. The lowest BCUT2D eigenvalue weighted by Gasteiger charge is -2.28. The van der Waals surface area contributed by atoms with Crippen LogP contribution in [-0.4, -0.2) is 60.5 Å². The monoisotopic (exact) mass is 594 g/mol. The van der Waals surface area contributed by atoms with Crippen LogP contribution in [0.3, 0.4) is 0 Å². The summed E-state index contributed by atoms with van der Waals surface area (Å²) in [6, 6.07) is 18.3. The number of hydrogen-bond acceptors (Lipinski definition) is 9. The number of benzene rings is 2. The molecule has 1 aliphatic carbocycles. The zero-order valence-electron chi connectivity index (χ0n) is 22.1. The van der Waals surface area contributed by atoms with E-state index in [1.54, 1.807) is 6.07 Å². The number of rotatable bonds is 6. The van der Waals surface area contributed by atoms with Gasteiger partial charge in [-0.3, -0.25) is 4.79 Å². The molecule has 2 aromatic heterocycles. The van der Waals surface area contributed by atoms with Crippen molar-refractivity contribution in [1.29, 1.82) is 0 Å². The van der Waals surface area contributed by atoms with Crippen molar-refractivity contribution in [2.24, 2.45) is 4.99 Å². The number of anilines is 3. The fourth-order valence-corrected chi connectivity index (χ4v) is 6.72. The molecule has 1 saturated heterocycles. The molecular formula is C29H25F3N6O3S. The summed E-state index contributed by atoms with van der Waals surface area (Å²) in [7, 11) is 0. The maximum Gasteiger partial charge on any atom is 0.399 e. The summed E-state index contributed by atoms with van der Waals surface area (Å²) in [6.07, 6.45) is -5.36. The summed E-state index contributed by atoms with van der Waals surface area (Å²) in [5.74, 6) is -0.371. The smallest absolute Gasteiger partial charge is 0.399 e. The van der Waals surface area contributed by atoms with Crippen LogP contribution in [0.2, 0.25) is 0 Å². The zero-order valence-corrected chi connectivity index (χ0v) is 23.0. The number of aromatic nitrogens is 2. The van der Waals surface area contributed by atoms with E-state index in [1.807, 2.05) is 53.4 Å². The molecular weight excluding hydrogens is 569 g/mol. The first-order valence-corrected chi connectivity index (χ1v) is 14.3. The van der Waals surface area contributed by atoms with Gasteiger partial charge in [0, 0.05) is 29.1 Å². The Kier molecular flexibility index (Phi) is 6.50. The van der Waals surface area contributed by atoms with Gasteiger partial charge in [0.1, 0.15) is 10.4 Å². The highest BCUT2D eigenvalue weighted by Crippen LogP contribution is 2.62. The number of carbonyl (C=O) groups excluding carboxylic acids is 1. The molecule has 42 heavy (non-hydrogen) atoms. The number of aliphatic imine (C=N–C) groups is 1. The molecule has 1 atom stereocenters. The number of nitrogens with zero attached hydrogens (tertiary/aromatic N) is 4. The molecule has 0 bridgehead atoms. The molecule has 4 heterocycles. The highest BCUT2D eigenvalue weighted by atomic mass is 32.1. The summed E-state index contributed by atoms with van der Waals surface area (Å²) in [5.41, 5.74) is 1.38. The third kappa shape index (κ3) is 4.71. The predicted molar refractivity (Wildman–Crippen MR) is 152 cm³/mol. The minimum Gasteiger partial charge on any atom is -0.403 e. The van der Waals surface area contributed by atoms with Crippen molar-refractivity contribution in [3.63, 3.8) is 0 Å². The summed E-state index contributed by atoms with van der Waals surface area (Å²) >= 11 is 1.11. The Hall–Kier alpha value is -4.23. The summed E-state index contributed by atoms with van der Waals surface area (Å²) in [6.45, 7) is 2.00. The molecule has 1 amide bonds. The number of amides is 1. The number of benzodiazepines with no additional fused rings is 1. The van der Waals surface area contributed by atoms with E-state index in [4.69, 9.17) is 14.1 Å². The van der Waals surface area contributed by atoms with Gasteiger partial charge in [0.2, 0.25) is 6.17 Å². The van der Waals surface area contributed by atoms with Crippen LogP contribution in [0.15, 0.2) is 70.1 Å². The van der Waals surface area contributed by atoms with Crippen molar-refractivity contribution in [2.45, 2.75) is 30.6 Å². The van der Waals surface area contributed by atoms with E-state index in [2.05, 4.69) is 20.8 Å². The summed E-state index contributed by atoms with van der Waals surface area (Å²) < 4.78 is 53.4. The molecule has 13 heteroatoms. The third-order valence-corrected chi connectivity index (χ3v) is 9.08. The molecule has 2 aliphatic heterocycles. The molecule has 1 saturated carbocycles. The van der Waals surface area contributed by atoms with Crippen LogP contribution in [0.4, 0.5) is 29.9 Å². The van der Waals surface area contributed by atoms with E-state index in [0.717, 1.165) is 22.5 Å². The SMILES string of the molecule is O=C1Nc2ccccc2C(c2ccccc2)=N[C@@H]1Nc1nnc(-c2cc(C3(C(F)(F)F)CC3)sc2N2CCOCC2)o1. The van der Waals surface area contributed by atoms with Crippen LogP contribution >= 0.6 is 11.3 Å². The molecule has 4 aromatic rings. The predicted octanol–water partition coefficient (Wildman–Crippen LogP) is 5.46. The van der Waals surface area contributed by atoms with E-state index < -0.39 is 23.7 Å². The Morgan fingerprint density at radius 2 is 1.74 bits per heavy atom. The number of nitrogens with one attached hydrogen (secondary N) is 2. The minimum atomic E-state index is -4.35. The molecule has 2 aromatic carbocycles. The van der Waals surface area contributed by atoms with Gasteiger partial charge in [0.05, 0.1) is 30.2 Å². The summed E-state index contributed by atoms with van der Waals surface area (Å²) in [4.78, 5) is 20.2. The normalized spacial score (nSPS) is 19.9. The van der Waals surface area contributed by atoms with Crippen molar-refractivity contribution in [2.75, 3.05) is 41.8 Å². The quantitative estimate of drug-likeness (QED) is 0.306. The Morgan fingerprint density at radius 3 is 2.48 bits per heavy atom. The number of thiophene rings is 1. The number of alkyl halides is 3. The highest BCUT2D eigenvalue weighted by molar-refractivity contribution is 7.17. The fraction of sp³-hybridized carbons (Fsp3) is 0.310. The second-order valence-electron chi connectivity index (χ2n) is 10.3. The molecule has 0 radical (unpaired) electrons. The van der Waals surface area contributed by atoms with E-state index >= 15 is 0 Å². The number of hydrogen-bond donors (Lipinski definition) is 2. The molecule has 9 nitrogen and oxygen atoms in total. The van der Waals surface area contributed by atoms with Gasteiger partial charge in [-0.25, -0.2) is 4.99 Å². The lowest BCUT2D eigenvalue weighted by molar-refractivity contribution is -0.159. The number of halogens is 3. The second-order valence-corrected chi connectivity index (χ2v) is 11.4. The Bertz CT molecular complexity index is 1660. The van der Waals surface area contributed by atoms with E-state index in [1.165, 1.54) is 6.07 Å². The number of ether oxygens (including phenoxy) is 1. The number of para-hydroxylation sites is 1. The van der Waals surface area contributed by atoms with Crippen molar-refractivity contribution >= 4 is 39.7 Å². The van der Waals surface area contributed by atoms with E-state index in [0.29, 0.717) is 48.3 Å². The van der Waals surface area contributed by atoms with Gasteiger partial charge in [-0.05, 0) is 25.0 Å². The van der Waals surface area contributed by atoms with Crippen LogP contribution in [0.5, 0.6) is 0 Å². The van der Waals surface area contributed by atoms with Crippen LogP contribution in [-0.2, 0) is 14.9 Å². The standard InChI is InChI=1S/C29H25F3N6O3S/c30-29(31,32)28(10-11-28)21-16-19(26(42-21)38-12-14-40-15-13-38)25-36-37-27(41-25)35-23-24(39)33-20-9-5-4-8-18(20)22(34-23)17-6-2-1-3-7-17/h1-9,16,23H,10-15H2,(H,33,39)(H,35,37)/t23-/m1/s1. The topological polar surface area (TPSA) is 105 Å². The first-order chi connectivity index (χ1) is 20.3. The van der Waals surface area contributed by atoms with Crippen LogP contribution in [0.25, 0.3) is 11.5 Å². The van der Waals surface area contributed by atoms with Gasteiger partial charge >= 0.3 is 12.2 Å². The largest absolute Gasteiger partial charge is 0.403 e. The minimum absolute atomic E-state index is 0.0522. The van der Waals surface area contributed by atoms with Crippen molar-refractivity contribution in [1.82, 2.24) is 10.2 Å². The third-order valence-electron chi connectivity index (χ3n) is 7.68. The Balaban J connectivity index is 1.23. The highest BCUT2D eigenvalue weighted by Gasteiger charge is 2.65. The molecule has 2 N–H and O–H groups in total. The van der Waals surface area contributed by atoms with E-state index in [9.17, 15) is 18.0 Å². The number of fused-ring (bicyclic) bond motifs is 1. The van der Waals surface area contributed by atoms with Gasteiger partial charge in [-0.2, -0.15) is 13.2 Å². The molecule has 0 unspecified atom stereocenters. The van der Waals surface area contributed by atoms with Crippen molar-refractivity contribution in [3.8, 4) is 11.5 Å². The maximum atomic E-state index is 14.0. The van der Waals surface area contributed by atoms with Crippen molar-refractivity contribution in [3.05, 3.63) is 76.7 Å². The van der Waals surface area contributed by atoms with Crippen molar-refractivity contribution < 1.29 is 27.1 Å². The lowest BCUT2D eigenvalue weighted by atomic mass is 10.0. The molecule has 216 valence electrons. The molecule has 3 aliphatic rings. The second kappa shape index (κ2) is 10.2. The summed E-state index contributed by atoms with van der Waals surface area (Å²) in [5, 5.41) is 14.7. The van der Waals surface area contributed by atoms with Gasteiger partial charge < -0.3 is 24.7 Å².